The van der Waals surface area contributed by atoms with Gasteiger partial charge in [0.1, 0.15) is 5.84 Å². The lowest BCUT2D eigenvalue weighted by molar-refractivity contribution is 0.313. The molecule has 0 fully saturated rings. The number of hydrogen-bond acceptors (Lipinski definition) is 6. The highest BCUT2D eigenvalue weighted by molar-refractivity contribution is 7.78. The third kappa shape index (κ3) is 3.89. The van der Waals surface area contributed by atoms with Gasteiger partial charge in [-0.25, -0.2) is 4.99 Å². The van der Waals surface area contributed by atoms with Crippen molar-refractivity contribution in [2.24, 2.45) is 15.9 Å². The van der Waals surface area contributed by atoms with Gasteiger partial charge in [-0.2, -0.15) is 4.99 Å². The summed E-state index contributed by atoms with van der Waals surface area (Å²) in [6.07, 6.45) is -0.165. The first kappa shape index (κ1) is 14.3. The van der Waals surface area contributed by atoms with E-state index in [1.807, 2.05) is 13.8 Å². The van der Waals surface area contributed by atoms with Gasteiger partial charge in [-0.1, -0.05) is 26.7 Å². The van der Waals surface area contributed by atoms with Gasteiger partial charge in [0.25, 0.3) is 0 Å². The number of guanidine groups is 1. The van der Waals surface area contributed by atoms with Crippen LogP contribution in [0.2, 0.25) is 0 Å². The Balaban J connectivity index is 2.73. The van der Waals surface area contributed by atoms with Gasteiger partial charge in [-0.15, -0.1) is 0 Å². The Morgan fingerprint density at radius 3 is 2.59 bits per heavy atom. The van der Waals surface area contributed by atoms with E-state index in [9.17, 15) is 0 Å². The van der Waals surface area contributed by atoms with Crippen molar-refractivity contribution < 1.29 is 0 Å². The van der Waals surface area contributed by atoms with Gasteiger partial charge in [0.15, 0.2) is 6.29 Å². The molecular weight excluding hydrogens is 234 g/mol. The van der Waals surface area contributed by atoms with E-state index in [2.05, 4.69) is 54.2 Å². The maximum absolute atomic E-state index is 4.48. The minimum absolute atomic E-state index is 0.165. The lowest BCUT2D eigenvalue weighted by Crippen LogP contribution is -2.50. The Morgan fingerprint density at radius 2 is 2.06 bits per heavy atom. The molecule has 0 aliphatic carbocycles. The first-order valence-electron chi connectivity index (χ1n) is 6.06. The zero-order chi connectivity index (χ0) is 13.0. The highest BCUT2D eigenvalue weighted by Crippen LogP contribution is 2.12. The van der Waals surface area contributed by atoms with Crippen LogP contribution in [0.15, 0.2) is 9.98 Å². The molecule has 0 bridgehead atoms. The first-order valence-corrected chi connectivity index (χ1v) is 6.46. The fraction of sp³-hybridized carbons (Fsp3) is 0.818. The van der Waals surface area contributed by atoms with E-state index in [-0.39, 0.29) is 6.29 Å². The van der Waals surface area contributed by atoms with Gasteiger partial charge in [0.2, 0.25) is 5.96 Å². The fourth-order valence-corrected chi connectivity index (χ4v) is 1.52. The van der Waals surface area contributed by atoms with E-state index in [1.54, 1.807) is 4.31 Å². The molecule has 0 amide bonds. The summed E-state index contributed by atoms with van der Waals surface area (Å²) in [7, 11) is 0. The van der Waals surface area contributed by atoms with Gasteiger partial charge in [-0.3, -0.25) is 9.62 Å². The third-order valence-corrected chi connectivity index (χ3v) is 3.33. The van der Waals surface area contributed by atoms with Crippen LogP contribution < -0.4 is 10.6 Å². The molecule has 0 spiro atoms. The summed E-state index contributed by atoms with van der Waals surface area (Å²) in [5.41, 5.74) is 0. The number of nitrogens with one attached hydrogen (secondary N) is 2. The summed E-state index contributed by atoms with van der Waals surface area (Å²) in [6.45, 7) is 11.3. The molecule has 1 aliphatic heterocycles. The summed E-state index contributed by atoms with van der Waals surface area (Å²) < 4.78 is 1.75. The Kier molecular flexibility index (Phi) is 5.27. The van der Waals surface area contributed by atoms with Crippen molar-refractivity contribution >= 4 is 24.6 Å². The van der Waals surface area contributed by atoms with Gasteiger partial charge in [-0.05, 0) is 26.7 Å². The molecule has 0 radical (unpaired) electrons. The molecule has 17 heavy (non-hydrogen) atoms. The lowest BCUT2D eigenvalue weighted by Gasteiger charge is -2.32. The van der Waals surface area contributed by atoms with E-state index in [0.29, 0.717) is 17.9 Å². The fourth-order valence-electron chi connectivity index (χ4n) is 1.36. The highest BCUT2D eigenvalue weighted by Gasteiger charge is 2.23. The average Bonchev–Trinajstić information content (AvgIpc) is 2.25. The lowest BCUT2D eigenvalue weighted by atomic mass is 10.1. The van der Waals surface area contributed by atoms with Crippen LogP contribution in [0, 0.1) is 5.92 Å². The number of amidine groups is 1. The van der Waals surface area contributed by atoms with Gasteiger partial charge in [0.05, 0.1) is 0 Å². The van der Waals surface area contributed by atoms with E-state index in [1.165, 1.54) is 0 Å². The zero-order valence-electron chi connectivity index (χ0n) is 11.2. The van der Waals surface area contributed by atoms with Gasteiger partial charge >= 0.3 is 0 Å². The topological polar surface area (TPSA) is 52.0 Å². The van der Waals surface area contributed by atoms with Crippen molar-refractivity contribution in [3.8, 4) is 0 Å². The zero-order valence-corrected chi connectivity index (χ0v) is 12.1. The smallest absolute Gasteiger partial charge is 0.222 e. The van der Waals surface area contributed by atoms with Crippen LogP contribution >= 0.6 is 12.8 Å². The van der Waals surface area contributed by atoms with Crippen LogP contribution in [-0.2, 0) is 0 Å². The van der Waals surface area contributed by atoms with Crippen LogP contribution in [0.25, 0.3) is 0 Å². The van der Waals surface area contributed by atoms with Crippen LogP contribution in [0.3, 0.4) is 0 Å². The van der Waals surface area contributed by atoms with Crippen molar-refractivity contribution in [3.05, 3.63) is 0 Å². The predicted octanol–water partition coefficient (Wildman–Crippen LogP) is 1.45. The summed E-state index contributed by atoms with van der Waals surface area (Å²) in [5.74, 6) is 2.06. The maximum Gasteiger partial charge on any atom is 0.222 e. The molecular formula is C11H23N5S. The molecule has 0 saturated carbocycles. The Morgan fingerprint density at radius 1 is 1.41 bits per heavy atom. The average molecular weight is 257 g/mol. The van der Waals surface area contributed by atoms with Crippen molar-refractivity contribution in [1.29, 1.82) is 0 Å². The summed E-state index contributed by atoms with van der Waals surface area (Å²) in [4.78, 5) is 8.80. The van der Waals surface area contributed by atoms with Crippen LogP contribution in [0.5, 0.6) is 0 Å². The van der Waals surface area contributed by atoms with E-state index in [4.69, 9.17) is 0 Å². The second-order valence-corrected chi connectivity index (χ2v) is 4.99. The molecule has 0 aromatic rings. The second-order valence-electron chi connectivity index (χ2n) is 4.56. The van der Waals surface area contributed by atoms with Crippen LogP contribution in [-0.4, -0.2) is 35.0 Å². The number of rotatable bonds is 4. The standard InChI is InChI=1S/C11H23N5S/c1-6-12-10-14-9(5)16(17)11(15-10)13-8(4)7(2)3/h7-8,11,13,17H,6H2,1-5H3,(H,12,15). The molecule has 0 aromatic heterocycles. The minimum Gasteiger partial charge on any atom is -0.355 e. The van der Waals surface area contributed by atoms with Crippen LogP contribution in [0.1, 0.15) is 34.6 Å². The number of thiol groups is 1. The number of aliphatic imine (C=N–C) groups is 2. The maximum atomic E-state index is 4.48. The van der Waals surface area contributed by atoms with Gasteiger partial charge < -0.3 is 5.32 Å². The van der Waals surface area contributed by atoms with Crippen LogP contribution in [0.4, 0.5) is 0 Å². The number of nitrogens with zero attached hydrogens (tertiary/aromatic N) is 3. The Hall–Kier alpha value is -0.750. The molecule has 2 unspecified atom stereocenters. The molecule has 5 nitrogen and oxygen atoms in total. The Bertz CT molecular complexity index is 313. The van der Waals surface area contributed by atoms with E-state index < -0.39 is 0 Å². The highest BCUT2D eigenvalue weighted by atomic mass is 32.1. The van der Waals surface area contributed by atoms with E-state index >= 15 is 0 Å². The molecule has 98 valence electrons. The summed E-state index contributed by atoms with van der Waals surface area (Å²) >= 11 is 4.41. The largest absolute Gasteiger partial charge is 0.355 e. The molecule has 0 aromatic carbocycles. The number of hydrogen-bond donors (Lipinski definition) is 3. The minimum atomic E-state index is -0.165. The Labute approximate surface area is 109 Å². The molecule has 2 N–H and O–H groups in total. The summed E-state index contributed by atoms with van der Waals surface area (Å²) in [6, 6.07) is 0.368. The quantitative estimate of drug-likeness (QED) is 0.668. The van der Waals surface area contributed by atoms with E-state index in [0.717, 1.165) is 12.4 Å². The summed E-state index contributed by atoms with van der Waals surface area (Å²) in [5, 5.41) is 6.56. The molecule has 0 saturated heterocycles. The molecule has 2 atom stereocenters. The second kappa shape index (κ2) is 6.26. The SMILES string of the molecule is CCNC1=NC(NC(C)C(C)C)N(S)C(C)=N1. The molecule has 1 rings (SSSR count). The van der Waals surface area contributed by atoms with Crippen molar-refractivity contribution in [2.75, 3.05) is 6.54 Å². The van der Waals surface area contributed by atoms with Crippen molar-refractivity contribution in [2.45, 2.75) is 47.0 Å². The van der Waals surface area contributed by atoms with Crippen molar-refractivity contribution in [3.63, 3.8) is 0 Å². The van der Waals surface area contributed by atoms with Gasteiger partial charge in [0, 0.05) is 12.6 Å². The van der Waals surface area contributed by atoms with Crippen molar-refractivity contribution in [1.82, 2.24) is 14.9 Å². The third-order valence-electron chi connectivity index (χ3n) is 2.82. The first-order chi connectivity index (χ1) is 7.95. The predicted molar refractivity (Wildman–Crippen MR) is 76.3 cm³/mol. The molecule has 6 heteroatoms. The molecule has 1 heterocycles. The monoisotopic (exact) mass is 257 g/mol. The normalized spacial score (nSPS) is 22.3. The molecule has 1 aliphatic rings.